The molecule has 0 amide bonds. The van der Waals surface area contributed by atoms with Crippen molar-refractivity contribution in [2.45, 2.75) is 6.92 Å². The first-order valence-electron chi connectivity index (χ1n) is 7.07. The van der Waals surface area contributed by atoms with Crippen LogP contribution in [0.4, 0.5) is 0 Å². The van der Waals surface area contributed by atoms with Gasteiger partial charge in [-0.3, -0.25) is 4.98 Å². The standard InChI is InChI=1S/C16H18ClNO5/c1-4-22-16(19)11-9-18-12-8-14(23-6-5-20-2)13(21-3)7-10(12)15(11)17/h7-9H,4-6H2,1-3H3. The number of ether oxygens (including phenoxy) is 4. The second-order valence-corrected chi connectivity index (χ2v) is 4.95. The fourth-order valence-corrected chi connectivity index (χ4v) is 2.30. The fraction of sp³-hybridized carbons (Fsp3) is 0.375. The van der Waals surface area contributed by atoms with Crippen molar-refractivity contribution in [3.63, 3.8) is 0 Å². The van der Waals surface area contributed by atoms with E-state index in [-0.39, 0.29) is 17.2 Å². The second-order valence-electron chi connectivity index (χ2n) is 4.57. The topological polar surface area (TPSA) is 66.9 Å². The molecule has 23 heavy (non-hydrogen) atoms. The van der Waals surface area contributed by atoms with Gasteiger partial charge in [0.2, 0.25) is 0 Å². The number of carbonyl (C=O) groups is 1. The number of nitrogens with zero attached hydrogens (tertiary/aromatic N) is 1. The molecule has 0 radical (unpaired) electrons. The van der Waals surface area contributed by atoms with Crippen molar-refractivity contribution in [1.82, 2.24) is 4.98 Å². The Kier molecular flexibility index (Phi) is 6.01. The molecule has 6 nitrogen and oxygen atoms in total. The largest absolute Gasteiger partial charge is 0.493 e. The van der Waals surface area contributed by atoms with Gasteiger partial charge in [-0.1, -0.05) is 11.6 Å². The highest BCUT2D eigenvalue weighted by atomic mass is 35.5. The lowest BCUT2D eigenvalue weighted by Crippen LogP contribution is -2.07. The zero-order valence-electron chi connectivity index (χ0n) is 13.2. The molecule has 0 saturated carbocycles. The number of esters is 1. The van der Waals surface area contributed by atoms with Crippen LogP contribution in [0.15, 0.2) is 18.3 Å². The number of hydrogen-bond donors (Lipinski definition) is 0. The van der Waals surface area contributed by atoms with Crippen molar-refractivity contribution >= 4 is 28.5 Å². The summed E-state index contributed by atoms with van der Waals surface area (Å²) in [7, 11) is 3.13. The third kappa shape index (κ3) is 3.83. The summed E-state index contributed by atoms with van der Waals surface area (Å²) in [5, 5.41) is 0.864. The first-order valence-corrected chi connectivity index (χ1v) is 7.45. The van der Waals surface area contributed by atoms with Gasteiger partial charge >= 0.3 is 5.97 Å². The van der Waals surface area contributed by atoms with E-state index in [0.29, 0.717) is 35.6 Å². The molecule has 1 aromatic heterocycles. The van der Waals surface area contributed by atoms with Crippen LogP contribution in [-0.2, 0) is 9.47 Å². The highest BCUT2D eigenvalue weighted by molar-refractivity contribution is 6.38. The van der Waals surface area contributed by atoms with Crippen molar-refractivity contribution in [2.75, 3.05) is 34.0 Å². The van der Waals surface area contributed by atoms with E-state index in [0.717, 1.165) is 0 Å². The Morgan fingerprint density at radius 1 is 1.22 bits per heavy atom. The molecule has 0 unspecified atom stereocenters. The molecule has 124 valence electrons. The van der Waals surface area contributed by atoms with Crippen LogP contribution in [0, 0.1) is 0 Å². The summed E-state index contributed by atoms with van der Waals surface area (Å²) in [5.41, 5.74) is 0.812. The van der Waals surface area contributed by atoms with Gasteiger partial charge in [-0.05, 0) is 13.0 Å². The van der Waals surface area contributed by atoms with Gasteiger partial charge in [-0.25, -0.2) is 4.79 Å². The maximum absolute atomic E-state index is 11.9. The predicted octanol–water partition coefficient (Wildman–Crippen LogP) is 3.10. The predicted molar refractivity (Wildman–Crippen MR) is 86.6 cm³/mol. The van der Waals surface area contributed by atoms with Gasteiger partial charge in [0.25, 0.3) is 0 Å². The Bertz CT molecular complexity index is 704. The lowest BCUT2D eigenvalue weighted by atomic mass is 10.1. The number of methoxy groups -OCH3 is 2. The Balaban J connectivity index is 2.45. The van der Waals surface area contributed by atoms with Crippen LogP contribution in [0.25, 0.3) is 10.9 Å². The summed E-state index contributed by atoms with van der Waals surface area (Å²) < 4.78 is 20.9. The van der Waals surface area contributed by atoms with E-state index in [4.69, 9.17) is 30.5 Å². The van der Waals surface area contributed by atoms with Gasteiger partial charge in [0, 0.05) is 24.8 Å². The summed E-state index contributed by atoms with van der Waals surface area (Å²) in [6.07, 6.45) is 1.40. The Labute approximate surface area is 139 Å². The monoisotopic (exact) mass is 339 g/mol. The molecule has 1 heterocycles. The highest BCUT2D eigenvalue weighted by Crippen LogP contribution is 2.36. The van der Waals surface area contributed by atoms with Gasteiger partial charge in [-0.15, -0.1) is 0 Å². The molecule has 0 spiro atoms. The molecular weight excluding hydrogens is 322 g/mol. The third-order valence-electron chi connectivity index (χ3n) is 3.13. The van der Waals surface area contributed by atoms with Gasteiger partial charge in [-0.2, -0.15) is 0 Å². The molecule has 0 aliphatic heterocycles. The molecule has 0 aliphatic rings. The molecule has 0 aliphatic carbocycles. The normalized spacial score (nSPS) is 10.6. The number of pyridine rings is 1. The van der Waals surface area contributed by atoms with Crippen molar-refractivity contribution in [2.24, 2.45) is 0 Å². The summed E-state index contributed by atoms with van der Waals surface area (Å²) >= 11 is 6.32. The lowest BCUT2D eigenvalue weighted by molar-refractivity contribution is 0.0526. The van der Waals surface area contributed by atoms with E-state index in [2.05, 4.69) is 4.98 Å². The lowest BCUT2D eigenvalue weighted by Gasteiger charge is -2.13. The van der Waals surface area contributed by atoms with E-state index >= 15 is 0 Å². The molecule has 0 N–H and O–H groups in total. The molecule has 0 bridgehead atoms. The minimum absolute atomic E-state index is 0.219. The van der Waals surface area contributed by atoms with Gasteiger partial charge in [0.15, 0.2) is 11.5 Å². The fourth-order valence-electron chi connectivity index (χ4n) is 2.03. The Hall–Kier alpha value is -2.05. The third-order valence-corrected chi connectivity index (χ3v) is 3.54. The van der Waals surface area contributed by atoms with Gasteiger partial charge in [0.1, 0.15) is 6.61 Å². The van der Waals surface area contributed by atoms with Gasteiger partial charge in [0.05, 0.1) is 36.4 Å². The van der Waals surface area contributed by atoms with E-state index in [1.54, 1.807) is 26.2 Å². The highest BCUT2D eigenvalue weighted by Gasteiger charge is 2.17. The number of hydrogen-bond acceptors (Lipinski definition) is 6. The van der Waals surface area contributed by atoms with Crippen LogP contribution in [-0.4, -0.2) is 45.0 Å². The quantitative estimate of drug-likeness (QED) is 0.570. The Morgan fingerprint density at radius 3 is 2.65 bits per heavy atom. The van der Waals surface area contributed by atoms with Crippen LogP contribution in [0.1, 0.15) is 17.3 Å². The van der Waals surface area contributed by atoms with Gasteiger partial charge < -0.3 is 18.9 Å². The molecule has 2 rings (SSSR count). The Morgan fingerprint density at radius 2 is 2.00 bits per heavy atom. The molecule has 0 saturated heterocycles. The van der Waals surface area contributed by atoms with E-state index < -0.39 is 5.97 Å². The van der Waals surface area contributed by atoms with Crippen LogP contribution >= 0.6 is 11.6 Å². The minimum atomic E-state index is -0.508. The smallest absolute Gasteiger partial charge is 0.341 e. The van der Waals surface area contributed by atoms with E-state index in [1.807, 2.05) is 0 Å². The van der Waals surface area contributed by atoms with Crippen LogP contribution in [0.2, 0.25) is 5.02 Å². The maximum atomic E-state index is 11.9. The van der Waals surface area contributed by atoms with Crippen molar-refractivity contribution < 1.29 is 23.7 Å². The van der Waals surface area contributed by atoms with E-state index in [1.165, 1.54) is 13.3 Å². The molecule has 7 heteroatoms. The number of halogens is 1. The number of benzene rings is 1. The number of aromatic nitrogens is 1. The van der Waals surface area contributed by atoms with Crippen LogP contribution in [0.5, 0.6) is 11.5 Å². The van der Waals surface area contributed by atoms with Crippen LogP contribution in [0.3, 0.4) is 0 Å². The summed E-state index contributed by atoms with van der Waals surface area (Å²) in [4.78, 5) is 16.1. The summed E-state index contributed by atoms with van der Waals surface area (Å²) in [6.45, 7) is 2.83. The summed E-state index contributed by atoms with van der Waals surface area (Å²) in [6, 6.07) is 3.40. The zero-order valence-corrected chi connectivity index (χ0v) is 14.0. The molecule has 0 atom stereocenters. The number of fused-ring (bicyclic) bond motifs is 1. The molecule has 1 aromatic carbocycles. The maximum Gasteiger partial charge on any atom is 0.341 e. The van der Waals surface area contributed by atoms with E-state index in [9.17, 15) is 4.79 Å². The average Bonchev–Trinajstić information content (AvgIpc) is 2.55. The van der Waals surface area contributed by atoms with Crippen molar-refractivity contribution in [3.05, 3.63) is 28.9 Å². The minimum Gasteiger partial charge on any atom is -0.493 e. The number of rotatable bonds is 7. The van der Waals surface area contributed by atoms with Crippen LogP contribution < -0.4 is 9.47 Å². The summed E-state index contributed by atoms with van der Waals surface area (Å²) in [5.74, 6) is 0.522. The second kappa shape index (κ2) is 7.99. The van der Waals surface area contributed by atoms with Crippen molar-refractivity contribution in [3.8, 4) is 11.5 Å². The number of carbonyl (C=O) groups excluding carboxylic acids is 1. The zero-order chi connectivity index (χ0) is 16.8. The molecular formula is C16H18ClNO5. The molecule has 2 aromatic rings. The van der Waals surface area contributed by atoms with Crippen molar-refractivity contribution in [1.29, 1.82) is 0 Å². The SMILES string of the molecule is CCOC(=O)c1cnc2cc(OCCOC)c(OC)cc2c1Cl. The molecule has 0 fully saturated rings. The first kappa shape index (κ1) is 17.3. The first-order chi connectivity index (χ1) is 11.1. The average molecular weight is 340 g/mol.